The van der Waals surface area contributed by atoms with E-state index in [1.165, 1.54) is 4.90 Å². The number of benzene rings is 2. The Labute approximate surface area is 237 Å². The van der Waals surface area contributed by atoms with Gasteiger partial charge >= 0.3 is 6.09 Å². The monoisotopic (exact) mass is 560 g/mol. The molecule has 0 spiro atoms. The molecule has 1 atom stereocenters. The van der Waals surface area contributed by atoms with Crippen LogP contribution >= 0.6 is 0 Å². The van der Waals surface area contributed by atoms with Crippen molar-refractivity contribution in [2.24, 2.45) is 0 Å². The second-order valence-electron chi connectivity index (χ2n) is 11.0. The van der Waals surface area contributed by atoms with Gasteiger partial charge in [0.05, 0.1) is 30.3 Å². The van der Waals surface area contributed by atoms with Gasteiger partial charge in [0.15, 0.2) is 5.69 Å². The molecule has 5 rings (SSSR count). The van der Waals surface area contributed by atoms with Gasteiger partial charge in [-0.15, -0.1) is 0 Å². The Hall–Kier alpha value is -4.67. The fraction of sp³-hybridized carbons (Fsp3) is 0.367. The Morgan fingerprint density at radius 1 is 1.07 bits per heavy atom. The van der Waals surface area contributed by atoms with E-state index in [9.17, 15) is 19.2 Å². The minimum Gasteiger partial charge on any atom is -0.491 e. The summed E-state index contributed by atoms with van der Waals surface area (Å²) in [5.74, 6) is -0.192. The number of nitrogens with one attached hydrogen (secondary N) is 1. The van der Waals surface area contributed by atoms with Gasteiger partial charge in [0.1, 0.15) is 23.7 Å². The number of aromatic nitrogens is 1. The zero-order valence-electron chi connectivity index (χ0n) is 23.4. The van der Waals surface area contributed by atoms with Crippen LogP contribution in [0.15, 0.2) is 53.1 Å². The maximum atomic E-state index is 13.4. The van der Waals surface area contributed by atoms with E-state index in [1.54, 1.807) is 69.0 Å². The van der Waals surface area contributed by atoms with Gasteiger partial charge < -0.3 is 19.3 Å². The smallest absolute Gasteiger partial charge is 0.410 e. The van der Waals surface area contributed by atoms with Crippen LogP contribution in [-0.2, 0) is 11.2 Å². The number of hydrogen-bond donors (Lipinski definition) is 1. The highest BCUT2D eigenvalue weighted by Crippen LogP contribution is 2.39. The number of carbonyl (C=O) groups excluding carboxylic acids is 4. The minimum absolute atomic E-state index is 0.0682. The highest BCUT2D eigenvalue weighted by atomic mass is 16.6. The summed E-state index contributed by atoms with van der Waals surface area (Å²) in [7, 11) is 0. The van der Waals surface area contributed by atoms with Crippen molar-refractivity contribution in [3.05, 3.63) is 82.2 Å². The summed E-state index contributed by atoms with van der Waals surface area (Å²) in [5.41, 5.74) is 1.73. The predicted octanol–water partition coefficient (Wildman–Crippen LogP) is 3.92. The molecule has 0 aliphatic carbocycles. The maximum absolute atomic E-state index is 13.4. The number of aryl methyl sites for hydroxylation is 1. The topological polar surface area (TPSA) is 131 Å². The normalized spacial score (nSPS) is 16.3. The fourth-order valence-corrected chi connectivity index (χ4v) is 5.06. The molecule has 2 aliphatic rings. The van der Waals surface area contributed by atoms with Gasteiger partial charge in [-0.25, -0.2) is 4.79 Å². The van der Waals surface area contributed by atoms with Gasteiger partial charge in [-0.1, -0.05) is 29.4 Å². The van der Waals surface area contributed by atoms with E-state index in [0.29, 0.717) is 41.2 Å². The number of ether oxygens (including phenoxy) is 2. The molecule has 3 aromatic rings. The van der Waals surface area contributed by atoms with E-state index < -0.39 is 29.6 Å². The van der Waals surface area contributed by atoms with Crippen molar-refractivity contribution in [3.63, 3.8) is 0 Å². The number of hydrogen-bond acceptors (Lipinski definition) is 8. The number of fused-ring (bicyclic) bond motifs is 2. The largest absolute Gasteiger partial charge is 0.491 e. The fourth-order valence-electron chi connectivity index (χ4n) is 5.06. The first-order chi connectivity index (χ1) is 19.5. The van der Waals surface area contributed by atoms with E-state index in [2.05, 4.69) is 10.5 Å². The molecule has 0 radical (unpaired) electrons. The third-order valence-electron chi connectivity index (χ3n) is 6.86. The SMILES string of the molecule is Cc1cc(C(=O)NCCOc2cccc3c2C(CN2C(=O)c4ccccc4C2=O)N(C(=O)OC(C)(C)C)CC3)no1. The Bertz CT molecular complexity index is 1470. The lowest BCUT2D eigenvalue weighted by atomic mass is 9.91. The van der Waals surface area contributed by atoms with Crippen LogP contribution in [0.5, 0.6) is 5.75 Å². The highest BCUT2D eigenvalue weighted by molar-refractivity contribution is 6.21. The number of carbonyl (C=O) groups is 4. The molecule has 1 aromatic heterocycles. The average Bonchev–Trinajstić information content (AvgIpc) is 3.47. The highest BCUT2D eigenvalue weighted by Gasteiger charge is 2.42. The lowest BCUT2D eigenvalue weighted by Crippen LogP contribution is -2.48. The molecular formula is C30H32N4O7. The van der Waals surface area contributed by atoms with Gasteiger partial charge in [0.25, 0.3) is 17.7 Å². The second kappa shape index (κ2) is 11.1. The van der Waals surface area contributed by atoms with Gasteiger partial charge in [0, 0.05) is 18.2 Å². The summed E-state index contributed by atoms with van der Waals surface area (Å²) in [6.45, 7) is 7.64. The predicted molar refractivity (Wildman–Crippen MR) is 147 cm³/mol. The molecule has 0 bridgehead atoms. The molecule has 11 nitrogen and oxygen atoms in total. The van der Waals surface area contributed by atoms with Crippen LogP contribution in [0.3, 0.4) is 0 Å². The Morgan fingerprint density at radius 3 is 2.41 bits per heavy atom. The third kappa shape index (κ3) is 5.79. The minimum atomic E-state index is -0.742. The van der Waals surface area contributed by atoms with Crippen LogP contribution in [0.2, 0.25) is 0 Å². The molecule has 0 fully saturated rings. The standard InChI is InChI=1S/C30H32N4O7/c1-18-16-22(32-41-18)26(35)31-13-15-39-24-11-7-8-19-12-14-33(29(38)40-30(2,3)4)23(25(19)24)17-34-27(36)20-9-5-6-10-21(20)28(34)37/h5-11,16,23H,12-15,17H2,1-4H3,(H,31,35). The molecule has 4 amide bonds. The van der Waals surface area contributed by atoms with E-state index in [4.69, 9.17) is 14.0 Å². The molecule has 0 saturated carbocycles. The maximum Gasteiger partial charge on any atom is 0.410 e. The summed E-state index contributed by atoms with van der Waals surface area (Å²) in [4.78, 5) is 55.0. The van der Waals surface area contributed by atoms with Gasteiger partial charge in [-0.2, -0.15) is 0 Å². The average molecular weight is 561 g/mol. The first-order valence-corrected chi connectivity index (χ1v) is 13.4. The van der Waals surface area contributed by atoms with Crippen molar-refractivity contribution in [2.75, 3.05) is 26.2 Å². The number of imide groups is 1. The third-order valence-corrected chi connectivity index (χ3v) is 6.86. The van der Waals surface area contributed by atoms with Gasteiger partial charge in [0.2, 0.25) is 0 Å². The molecule has 1 unspecified atom stereocenters. The summed E-state index contributed by atoms with van der Waals surface area (Å²) >= 11 is 0. The Balaban J connectivity index is 1.40. The van der Waals surface area contributed by atoms with Crippen molar-refractivity contribution in [3.8, 4) is 5.75 Å². The zero-order valence-corrected chi connectivity index (χ0v) is 23.4. The van der Waals surface area contributed by atoms with Crippen molar-refractivity contribution >= 4 is 23.8 Å². The van der Waals surface area contributed by atoms with E-state index >= 15 is 0 Å². The molecule has 2 aromatic carbocycles. The van der Waals surface area contributed by atoms with Crippen LogP contribution < -0.4 is 10.1 Å². The van der Waals surface area contributed by atoms with Crippen molar-refractivity contribution in [1.82, 2.24) is 20.3 Å². The van der Waals surface area contributed by atoms with E-state index in [0.717, 1.165) is 5.56 Å². The van der Waals surface area contributed by atoms with Crippen molar-refractivity contribution in [1.29, 1.82) is 0 Å². The summed E-state index contributed by atoms with van der Waals surface area (Å²) in [6, 6.07) is 13.1. The van der Waals surface area contributed by atoms with Crippen LogP contribution in [-0.4, -0.2) is 70.6 Å². The number of amides is 4. The molecule has 3 heterocycles. The van der Waals surface area contributed by atoms with Crippen molar-refractivity contribution in [2.45, 2.75) is 45.8 Å². The van der Waals surface area contributed by atoms with Crippen molar-refractivity contribution < 1.29 is 33.2 Å². The van der Waals surface area contributed by atoms with Crippen LogP contribution in [0.1, 0.15) is 74.9 Å². The number of nitrogens with zero attached hydrogens (tertiary/aromatic N) is 3. The molecule has 214 valence electrons. The molecule has 41 heavy (non-hydrogen) atoms. The van der Waals surface area contributed by atoms with Crippen LogP contribution in [0.25, 0.3) is 0 Å². The summed E-state index contributed by atoms with van der Waals surface area (Å²) in [5, 5.41) is 6.45. The Kier molecular flexibility index (Phi) is 7.53. The lowest BCUT2D eigenvalue weighted by Gasteiger charge is -2.40. The molecule has 1 N–H and O–H groups in total. The zero-order chi connectivity index (χ0) is 29.3. The second-order valence-corrected chi connectivity index (χ2v) is 11.0. The van der Waals surface area contributed by atoms with Crippen LogP contribution in [0, 0.1) is 6.92 Å². The van der Waals surface area contributed by atoms with Gasteiger partial charge in [-0.05, 0) is 57.9 Å². The Morgan fingerprint density at radius 2 is 1.78 bits per heavy atom. The van der Waals surface area contributed by atoms with E-state index in [-0.39, 0.29) is 31.3 Å². The molecule has 2 aliphatic heterocycles. The van der Waals surface area contributed by atoms with Gasteiger partial charge in [-0.3, -0.25) is 24.2 Å². The van der Waals surface area contributed by atoms with E-state index in [1.807, 2.05) is 12.1 Å². The molecule has 0 saturated heterocycles. The quantitative estimate of drug-likeness (QED) is 0.340. The summed E-state index contributed by atoms with van der Waals surface area (Å²) in [6.07, 6.45) is -0.0122. The van der Waals surface area contributed by atoms with Crippen LogP contribution in [0.4, 0.5) is 4.79 Å². The molecular weight excluding hydrogens is 528 g/mol. The summed E-state index contributed by atoms with van der Waals surface area (Å²) < 4.78 is 16.8. The molecule has 11 heteroatoms. The first-order valence-electron chi connectivity index (χ1n) is 13.4. The first kappa shape index (κ1) is 27.9. The number of rotatable bonds is 7. The lowest BCUT2D eigenvalue weighted by molar-refractivity contribution is 0.00952.